The van der Waals surface area contributed by atoms with Crippen LogP contribution in [-0.4, -0.2) is 52.8 Å². The van der Waals surface area contributed by atoms with Gasteiger partial charge in [-0.1, -0.05) is 6.07 Å². The molecule has 0 aliphatic carbocycles. The lowest BCUT2D eigenvalue weighted by atomic mass is 10.1. The second-order valence-electron chi connectivity index (χ2n) is 9.56. The van der Waals surface area contributed by atoms with Gasteiger partial charge in [-0.15, -0.1) is 15.3 Å². The Hall–Kier alpha value is -4.74. The fourth-order valence-electron chi connectivity index (χ4n) is 4.38. The van der Waals surface area contributed by atoms with Crippen molar-refractivity contribution in [1.82, 2.24) is 0 Å². The molecule has 0 heterocycles. The molecule has 0 aliphatic heterocycles. The monoisotopic (exact) mass is 721 g/mol. The summed E-state index contributed by atoms with van der Waals surface area (Å²) in [5, 5.41) is 26.6. The van der Waals surface area contributed by atoms with Crippen LogP contribution in [0.3, 0.4) is 0 Å². The summed E-state index contributed by atoms with van der Waals surface area (Å²) in [4.78, 5) is -2.23. The minimum absolute atomic E-state index is 0.00192. The van der Waals surface area contributed by atoms with Crippen LogP contribution in [-0.2, 0) is 41.4 Å². The van der Waals surface area contributed by atoms with Gasteiger partial charge in [0.05, 0.1) is 32.5 Å². The maximum absolute atomic E-state index is 12.3. The number of hydrogen-bond donors (Lipinski definition) is 6. The molecule has 1 unspecified atom stereocenters. The van der Waals surface area contributed by atoms with Gasteiger partial charge in [0.15, 0.2) is 16.8 Å². The number of benzene rings is 5. The van der Waals surface area contributed by atoms with Gasteiger partial charge in [0.1, 0.15) is 15.5 Å². The van der Waals surface area contributed by atoms with Crippen LogP contribution in [0.1, 0.15) is 0 Å². The number of azo groups is 2. The van der Waals surface area contributed by atoms with E-state index < -0.39 is 73.2 Å². The van der Waals surface area contributed by atoms with E-state index in [-0.39, 0.29) is 37.8 Å². The SMILES string of the molecule is Nc1cc2c(O)c(/N=N/c3ccc(/N=N/c4ccc(S(=O)O)cc4)c4ccc(S(=O)(=O)O)cc34)c(S(=O)(=O)O)cc2cc1S(=O)(=O)O. The lowest BCUT2D eigenvalue weighted by molar-refractivity contribution is 0.472. The normalized spacial score (nSPS) is 13.6. The molecule has 0 saturated carbocycles. The Morgan fingerprint density at radius 1 is 0.617 bits per heavy atom. The predicted molar refractivity (Wildman–Crippen MR) is 167 cm³/mol. The second kappa shape index (κ2) is 12.1. The third kappa shape index (κ3) is 7.01. The van der Waals surface area contributed by atoms with Gasteiger partial charge in [-0.25, -0.2) is 4.21 Å². The standard InChI is InChI=1S/C26H19N5O12S4/c27-20-12-18-13(9-23(20)46(38,39)40)10-24(47(41,42)43)25(26(18)32)31-30-22-8-7-21(17-6-5-16(11-19(17)22)45(35,36)37)29-28-14-1-3-15(4-2-14)44(33)34/h1-12,32H,27H2,(H,33,34)(H,35,36,37)(H,38,39,40)(H,41,42,43)/b29-28+,31-30+. The number of hydrogen-bond acceptors (Lipinski definition) is 13. The zero-order chi connectivity index (χ0) is 34.5. The Bertz CT molecular complexity index is 2540. The smallest absolute Gasteiger partial charge is 0.296 e. The molecule has 5 aromatic carbocycles. The van der Waals surface area contributed by atoms with E-state index in [9.17, 15) is 52.8 Å². The zero-order valence-corrected chi connectivity index (χ0v) is 26.3. The first-order chi connectivity index (χ1) is 21.8. The van der Waals surface area contributed by atoms with E-state index >= 15 is 0 Å². The number of nitrogen functional groups attached to an aromatic ring is 1. The van der Waals surface area contributed by atoms with E-state index in [1.807, 2.05) is 0 Å². The number of fused-ring (bicyclic) bond motifs is 2. The molecular formula is C26H19N5O12S4. The Morgan fingerprint density at radius 2 is 1.19 bits per heavy atom. The molecule has 0 aromatic heterocycles. The first kappa shape index (κ1) is 33.6. The third-order valence-corrected chi connectivity index (χ3v) is 9.85. The molecule has 17 nitrogen and oxygen atoms in total. The predicted octanol–water partition coefficient (Wildman–Crippen LogP) is 5.43. The Morgan fingerprint density at radius 3 is 1.77 bits per heavy atom. The molecule has 1 atom stereocenters. The molecule has 0 amide bonds. The zero-order valence-electron chi connectivity index (χ0n) is 23.0. The molecule has 0 saturated heterocycles. The van der Waals surface area contributed by atoms with Crippen LogP contribution in [0, 0.1) is 0 Å². The molecule has 7 N–H and O–H groups in total. The fourth-order valence-corrected chi connectivity index (χ4v) is 6.55. The van der Waals surface area contributed by atoms with Crippen molar-refractivity contribution in [3.05, 3.63) is 72.8 Å². The molecule has 0 spiro atoms. The van der Waals surface area contributed by atoms with Gasteiger partial charge >= 0.3 is 0 Å². The summed E-state index contributed by atoms with van der Waals surface area (Å²) >= 11 is -2.21. The molecule has 0 bridgehead atoms. The first-order valence-electron chi connectivity index (χ1n) is 12.5. The Kier molecular flexibility index (Phi) is 8.67. The third-order valence-electron chi connectivity index (χ3n) is 6.55. The summed E-state index contributed by atoms with van der Waals surface area (Å²) in [7, 11) is -14.7. The Balaban J connectivity index is 1.69. The van der Waals surface area contributed by atoms with Crippen molar-refractivity contribution in [2.45, 2.75) is 19.6 Å². The molecule has 5 aromatic rings. The average molecular weight is 722 g/mol. The van der Waals surface area contributed by atoms with E-state index in [0.29, 0.717) is 5.69 Å². The van der Waals surface area contributed by atoms with Crippen LogP contribution < -0.4 is 5.73 Å². The van der Waals surface area contributed by atoms with Crippen LogP contribution in [0.2, 0.25) is 0 Å². The lowest BCUT2D eigenvalue weighted by Gasteiger charge is -2.11. The van der Waals surface area contributed by atoms with Crippen molar-refractivity contribution in [1.29, 1.82) is 0 Å². The van der Waals surface area contributed by atoms with Crippen molar-refractivity contribution in [2.75, 3.05) is 5.73 Å². The van der Waals surface area contributed by atoms with Crippen molar-refractivity contribution in [3.8, 4) is 5.75 Å². The highest BCUT2D eigenvalue weighted by Crippen LogP contribution is 2.44. The molecule has 0 radical (unpaired) electrons. The summed E-state index contributed by atoms with van der Waals surface area (Å²) in [6.07, 6.45) is 0. The molecule has 0 fully saturated rings. The van der Waals surface area contributed by atoms with Crippen LogP contribution in [0.15, 0.2) is 113 Å². The van der Waals surface area contributed by atoms with E-state index in [0.717, 1.165) is 30.3 Å². The van der Waals surface area contributed by atoms with E-state index in [2.05, 4.69) is 20.5 Å². The summed E-state index contributed by atoms with van der Waals surface area (Å²) < 4.78 is 121. The lowest BCUT2D eigenvalue weighted by Crippen LogP contribution is -2.04. The fraction of sp³-hybridized carbons (Fsp3) is 0. The minimum atomic E-state index is -5.15. The maximum Gasteiger partial charge on any atom is 0.296 e. The number of phenols is 1. The Labute approximate surface area is 267 Å². The van der Waals surface area contributed by atoms with Gasteiger partial charge < -0.3 is 15.4 Å². The molecular weight excluding hydrogens is 703 g/mol. The highest BCUT2D eigenvalue weighted by Gasteiger charge is 2.25. The number of phenolic OH excluding ortho intramolecular Hbond substituents is 1. The minimum Gasteiger partial charge on any atom is -0.505 e. The van der Waals surface area contributed by atoms with E-state index in [1.165, 1.54) is 42.5 Å². The van der Waals surface area contributed by atoms with Crippen molar-refractivity contribution >= 4 is 91.4 Å². The van der Waals surface area contributed by atoms with Gasteiger partial charge in [0, 0.05) is 16.2 Å². The van der Waals surface area contributed by atoms with Gasteiger partial charge in [-0.05, 0) is 72.1 Å². The molecule has 0 aliphatic rings. The van der Waals surface area contributed by atoms with E-state index in [1.54, 1.807) is 0 Å². The topological polar surface area (TPSA) is 296 Å². The number of nitrogens with zero attached hydrogens (tertiary/aromatic N) is 4. The summed E-state index contributed by atoms with van der Waals surface area (Å²) in [6, 6.07) is 14.0. The van der Waals surface area contributed by atoms with Crippen LogP contribution in [0.5, 0.6) is 5.75 Å². The number of rotatable bonds is 8. The summed E-state index contributed by atoms with van der Waals surface area (Å²) in [6.45, 7) is 0. The second-order valence-corrected chi connectivity index (χ2v) is 14.7. The van der Waals surface area contributed by atoms with E-state index in [4.69, 9.17) is 5.73 Å². The average Bonchev–Trinajstić information content (AvgIpc) is 2.98. The first-order valence-corrected chi connectivity index (χ1v) is 17.9. The van der Waals surface area contributed by atoms with Crippen LogP contribution >= 0.6 is 0 Å². The maximum atomic E-state index is 12.3. The molecule has 5 rings (SSSR count). The van der Waals surface area contributed by atoms with Crippen molar-refractivity contribution in [2.24, 2.45) is 20.5 Å². The summed E-state index contributed by atoms with van der Waals surface area (Å²) in [5.41, 5.74) is 4.70. The largest absolute Gasteiger partial charge is 0.505 e. The highest BCUT2D eigenvalue weighted by molar-refractivity contribution is 7.86. The molecule has 244 valence electrons. The number of anilines is 1. The number of nitrogens with two attached hydrogens (primary N) is 1. The van der Waals surface area contributed by atoms with Crippen LogP contribution in [0.4, 0.5) is 28.4 Å². The molecule has 47 heavy (non-hydrogen) atoms. The van der Waals surface area contributed by atoms with Gasteiger partial charge in [-0.3, -0.25) is 13.7 Å². The quantitative estimate of drug-likeness (QED) is 0.0504. The van der Waals surface area contributed by atoms with Gasteiger partial charge in [0.2, 0.25) is 0 Å². The van der Waals surface area contributed by atoms with Crippen molar-refractivity contribution < 1.29 is 52.8 Å². The highest BCUT2D eigenvalue weighted by atomic mass is 32.2. The number of aromatic hydroxyl groups is 1. The van der Waals surface area contributed by atoms with Crippen LogP contribution in [0.25, 0.3) is 21.5 Å². The van der Waals surface area contributed by atoms with Crippen molar-refractivity contribution in [3.63, 3.8) is 0 Å². The summed E-state index contributed by atoms with van der Waals surface area (Å²) in [5.74, 6) is -0.906. The van der Waals surface area contributed by atoms with Gasteiger partial charge in [0.25, 0.3) is 30.4 Å². The van der Waals surface area contributed by atoms with Gasteiger partial charge in [-0.2, -0.15) is 30.4 Å². The molecule has 21 heteroatoms.